The number of likely N-dealkylation sites (tertiary alicyclic amines) is 1. The first kappa shape index (κ1) is 14.7. The molecule has 4 nitrogen and oxygen atoms in total. The third-order valence-corrected chi connectivity index (χ3v) is 3.69. The van der Waals surface area contributed by atoms with Gasteiger partial charge in [-0.15, -0.1) is 0 Å². The lowest BCUT2D eigenvalue weighted by atomic mass is 10.0. The highest BCUT2D eigenvalue weighted by Crippen LogP contribution is 2.13. The summed E-state index contributed by atoms with van der Waals surface area (Å²) in [5, 5.41) is 4.20. The van der Waals surface area contributed by atoms with Crippen LogP contribution in [0.5, 0.6) is 0 Å². The minimum atomic E-state index is 0.711. The van der Waals surface area contributed by atoms with Gasteiger partial charge in [-0.1, -0.05) is 0 Å². The fourth-order valence-electron chi connectivity index (χ4n) is 2.11. The molecular formula is C12H25N3OS. The van der Waals surface area contributed by atoms with Crippen LogP contribution in [0.2, 0.25) is 0 Å². The van der Waals surface area contributed by atoms with Crippen molar-refractivity contribution in [3.05, 3.63) is 0 Å². The Balaban J connectivity index is 2.17. The topological polar surface area (TPSA) is 27.7 Å². The molecule has 1 rings (SSSR count). The van der Waals surface area contributed by atoms with Gasteiger partial charge in [-0.2, -0.15) is 0 Å². The average Bonchev–Trinajstić information content (AvgIpc) is 2.34. The van der Waals surface area contributed by atoms with E-state index in [2.05, 4.69) is 29.2 Å². The summed E-state index contributed by atoms with van der Waals surface area (Å²) in [6, 6.07) is 0.711. The van der Waals surface area contributed by atoms with E-state index in [0.717, 1.165) is 37.8 Å². The Bertz CT molecular complexity index is 228. The number of ether oxygens (including phenoxy) is 1. The van der Waals surface area contributed by atoms with Gasteiger partial charge < -0.3 is 19.9 Å². The normalized spacial score (nSPS) is 17.5. The van der Waals surface area contributed by atoms with Crippen molar-refractivity contribution in [3.63, 3.8) is 0 Å². The summed E-state index contributed by atoms with van der Waals surface area (Å²) < 4.78 is 5.01. The highest BCUT2D eigenvalue weighted by Gasteiger charge is 2.21. The third kappa shape index (κ3) is 5.19. The van der Waals surface area contributed by atoms with Crippen LogP contribution in [0.15, 0.2) is 0 Å². The molecule has 1 saturated heterocycles. The molecule has 0 aromatic heterocycles. The van der Waals surface area contributed by atoms with Crippen molar-refractivity contribution < 1.29 is 4.74 Å². The standard InChI is InChI=1S/C12H25N3OS/c1-14(2)11-5-8-15(9-6-11)12(17)13-7-4-10-16-3/h11H,4-10H2,1-3H3,(H,13,17). The van der Waals surface area contributed by atoms with Gasteiger partial charge in [-0.25, -0.2) is 0 Å². The van der Waals surface area contributed by atoms with E-state index < -0.39 is 0 Å². The number of rotatable bonds is 5. The molecule has 1 aliphatic heterocycles. The quantitative estimate of drug-likeness (QED) is 0.585. The molecule has 0 atom stereocenters. The summed E-state index contributed by atoms with van der Waals surface area (Å²) in [5.74, 6) is 0. The minimum Gasteiger partial charge on any atom is -0.385 e. The van der Waals surface area contributed by atoms with Gasteiger partial charge in [0, 0.05) is 39.4 Å². The molecule has 17 heavy (non-hydrogen) atoms. The van der Waals surface area contributed by atoms with E-state index in [4.69, 9.17) is 17.0 Å². The monoisotopic (exact) mass is 259 g/mol. The van der Waals surface area contributed by atoms with Crippen molar-refractivity contribution in [2.24, 2.45) is 0 Å². The Labute approximate surface area is 110 Å². The van der Waals surface area contributed by atoms with E-state index in [1.807, 2.05) is 0 Å². The summed E-state index contributed by atoms with van der Waals surface area (Å²) in [5.41, 5.74) is 0. The van der Waals surface area contributed by atoms with Gasteiger partial charge in [0.15, 0.2) is 5.11 Å². The number of hydrogen-bond donors (Lipinski definition) is 1. The maximum Gasteiger partial charge on any atom is 0.168 e. The lowest BCUT2D eigenvalue weighted by Gasteiger charge is -2.36. The van der Waals surface area contributed by atoms with Crippen LogP contribution < -0.4 is 5.32 Å². The van der Waals surface area contributed by atoms with Crippen LogP contribution in [0.1, 0.15) is 19.3 Å². The van der Waals surface area contributed by atoms with Gasteiger partial charge in [0.1, 0.15) is 0 Å². The molecular weight excluding hydrogens is 234 g/mol. The molecule has 5 heteroatoms. The predicted octanol–water partition coefficient (Wildman–Crippen LogP) is 0.923. The first-order valence-electron chi connectivity index (χ1n) is 6.33. The second-order valence-electron chi connectivity index (χ2n) is 4.76. The number of nitrogens with zero attached hydrogens (tertiary/aromatic N) is 2. The van der Waals surface area contributed by atoms with Gasteiger partial charge in [0.05, 0.1) is 0 Å². The molecule has 1 fully saturated rings. The molecule has 0 aromatic carbocycles. The van der Waals surface area contributed by atoms with Gasteiger partial charge in [-0.05, 0) is 45.6 Å². The van der Waals surface area contributed by atoms with Crippen LogP contribution in [0.3, 0.4) is 0 Å². The zero-order chi connectivity index (χ0) is 12.7. The fourth-order valence-corrected chi connectivity index (χ4v) is 2.39. The van der Waals surface area contributed by atoms with Crippen molar-refractivity contribution in [2.45, 2.75) is 25.3 Å². The molecule has 1 heterocycles. The Morgan fingerprint density at radius 3 is 2.59 bits per heavy atom. The number of nitrogens with one attached hydrogen (secondary N) is 1. The van der Waals surface area contributed by atoms with Gasteiger partial charge >= 0.3 is 0 Å². The van der Waals surface area contributed by atoms with Crippen molar-refractivity contribution in [1.29, 1.82) is 0 Å². The number of piperidine rings is 1. The van der Waals surface area contributed by atoms with Crippen LogP contribution in [0, 0.1) is 0 Å². The molecule has 0 aromatic rings. The highest BCUT2D eigenvalue weighted by molar-refractivity contribution is 7.80. The van der Waals surface area contributed by atoms with Crippen LogP contribution in [-0.2, 0) is 4.74 Å². The molecule has 0 bridgehead atoms. The van der Waals surface area contributed by atoms with E-state index in [1.165, 1.54) is 12.8 Å². The van der Waals surface area contributed by atoms with Gasteiger partial charge in [-0.3, -0.25) is 0 Å². The zero-order valence-corrected chi connectivity index (χ0v) is 12.1. The van der Waals surface area contributed by atoms with Gasteiger partial charge in [0.2, 0.25) is 0 Å². The van der Waals surface area contributed by atoms with Crippen molar-refractivity contribution in [3.8, 4) is 0 Å². The summed E-state index contributed by atoms with van der Waals surface area (Å²) >= 11 is 5.39. The zero-order valence-electron chi connectivity index (χ0n) is 11.2. The summed E-state index contributed by atoms with van der Waals surface area (Å²) in [6.45, 7) is 3.83. The van der Waals surface area contributed by atoms with Crippen LogP contribution in [0.4, 0.5) is 0 Å². The van der Waals surface area contributed by atoms with Crippen LogP contribution >= 0.6 is 12.2 Å². The lowest BCUT2D eigenvalue weighted by Crippen LogP contribution is -2.48. The number of thiocarbonyl (C=S) groups is 1. The minimum absolute atomic E-state index is 0.711. The predicted molar refractivity (Wildman–Crippen MR) is 75.4 cm³/mol. The summed E-state index contributed by atoms with van der Waals surface area (Å²) in [7, 11) is 6.04. The van der Waals surface area contributed by atoms with Crippen molar-refractivity contribution >= 4 is 17.3 Å². The Morgan fingerprint density at radius 2 is 2.06 bits per heavy atom. The molecule has 0 spiro atoms. The Morgan fingerprint density at radius 1 is 1.41 bits per heavy atom. The lowest BCUT2D eigenvalue weighted by molar-refractivity contribution is 0.187. The van der Waals surface area contributed by atoms with Gasteiger partial charge in [0.25, 0.3) is 0 Å². The first-order valence-corrected chi connectivity index (χ1v) is 6.74. The second-order valence-corrected chi connectivity index (χ2v) is 5.15. The molecule has 0 saturated carbocycles. The smallest absolute Gasteiger partial charge is 0.168 e. The van der Waals surface area contributed by atoms with Crippen molar-refractivity contribution in [2.75, 3.05) is 47.4 Å². The maximum absolute atomic E-state index is 5.39. The molecule has 0 unspecified atom stereocenters. The van der Waals surface area contributed by atoms with E-state index in [-0.39, 0.29) is 0 Å². The van der Waals surface area contributed by atoms with Crippen molar-refractivity contribution in [1.82, 2.24) is 15.1 Å². The molecule has 1 N–H and O–H groups in total. The molecule has 0 radical (unpaired) electrons. The SMILES string of the molecule is COCCCNC(=S)N1CCC(N(C)C)CC1. The fraction of sp³-hybridized carbons (Fsp3) is 0.917. The second kappa shape index (κ2) is 7.84. The van der Waals surface area contributed by atoms with E-state index in [1.54, 1.807) is 7.11 Å². The summed E-state index contributed by atoms with van der Waals surface area (Å²) in [4.78, 5) is 4.59. The Hall–Kier alpha value is -0.390. The average molecular weight is 259 g/mol. The van der Waals surface area contributed by atoms with Crippen LogP contribution in [0.25, 0.3) is 0 Å². The molecule has 100 valence electrons. The third-order valence-electron chi connectivity index (χ3n) is 3.28. The molecule has 1 aliphatic rings. The van der Waals surface area contributed by atoms with E-state index >= 15 is 0 Å². The highest BCUT2D eigenvalue weighted by atomic mass is 32.1. The van der Waals surface area contributed by atoms with E-state index in [0.29, 0.717) is 6.04 Å². The summed E-state index contributed by atoms with van der Waals surface area (Å²) in [6.07, 6.45) is 3.41. The molecule has 0 amide bonds. The molecule has 0 aliphatic carbocycles. The maximum atomic E-state index is 5.39. The number of hydrogen-bond acceptors (Lipinski definition) is 3. The number of methoxy groups -OCH3 is 1. The van der Waals surface area contributed by atoms with E-state index in [9.17, 15) is 0 Å². The first-order chi connectivity index (χ1) is 8.15. The van der Waals surface area contributed by atoms with Crippen LogP contribution in [-0.4, -0.2) is 68.4 Å². The Kier molecular flexibility index (Phi) is 6.77. The largest absolute Gasteiger partial charge is 0.385 e.